The predicted octanol–water partition coefficient (Wildman–Crippen LogP) is 3.88. The van der Waals surface area contributed by atoms with E-state index in [4.69, 9.17) is 27.9 Å². The second kappa shape index (κ2) is 12.9. The molecule has 2 aromatic rings. The molecule has 9 nitrogen and oxygen atoms in total. The summed E-state index contributed by atoms with van der Waals surface area (Å²) in [6.45, 7) is 6.75. The van der Waals surface area contributed by atoms with Crippen LogP contribution in [0.1, 0.15) is 43.0 Å². The maximum atomic E-state index is 13.9. The highest BCUT2D eigenvalue weighted by Crippen LogP contribution is 2.38. The van der Waals surface area contributed by atoms with Crippen molar-refractivity contribution in [3.05, 3.63) is 51.8 Å². The Morgan fingerprint density at radius 1 is 1.07 bits per heavy atom. The van der Waals surface area contributed by atoms with Crippen molar-refractivity contribution in [2.24, 2.45) is 0 Å². The van der Waals surface area contributed by atoms with Crippen LogP contribution in [0.5, 0.6) is 0 Å². The van der Waals surface area contributed by atoms with E-state index in [0.717, 1.165) is 51.1 Å². The number of nitrogens with zero attached hydrogens (tertiary/aromatic N) is 5. The summed E-state index contributed by atoms with van der Waals surface area (Å²) in [5.41, 5.74) is 1.44. The van der Waals surface area contributed by atoms with Crippen LogP contribution in [0.25, 0.3) is 0 Å². The fourth-order valence-electron chi connectivity index (χ4n) is 6.46. The zero-order valence-electron chi connectivity index (χ0n) is 24.1. The van der Waals surface area contributed by atoms with Gasteiger partial charge in [0, 0.05) is 70.3 Å². The van der Waals surface area contributed by atoms with Crippen LogP contribution in [0, 0.1) is 6.92 Å². The Bertz CT molecular complexity index is 1340. The van der Waals surface area contributed by atoms with Gasteiger partial charge in [0.1, 0.15) is 11.5 Å². The van der Waals surface area contributed by atoms with Crippen molar-refractivity contribution in [2.45, 2.75) is 62.2 Å². The molecule has 0 N–H and O–H groups in total. The number of amides is 1. The summed E-state index contributed by atoms with van der Waals surface area (Å²) in [4.78, 5) is 19.9. The Kier molecular flexibility index (Phi) is 9.70. The van der Waals surface area contributed by atoms with E-state index in [9.17, 15) is 13.2 Å². The third-order valence-electron chi connectivity index (χ3n) is 9.04. The third kappa shape index (κ3) is 6.49. The Morgan fingerprint density at radius 3 is 2.59 bits per heavy atom. The Hall–Kier alpha value is -1.66. The molecule has 1 aliphatic carbocycles. The quantitative estimate of drug-likeness (QED) is 0.443. The summed E-state index contributed by atoms with van der Waals surface area (Å²) >= 11 is 12.8. The normalized spacial score (nSPS) is 24.8. The van der Waals surface area contributed by atoms with Gasteiger partial charge in [-0.1, -0.05) is 29.3 Å². The van der Waals surface area contributed by atoms with Gasteiger partial charge in [-0.25, -0.2) is 8.42 Å². The summed E-state index contributed by atoms with van der Waals surface area (Å²) in [5, 5.41) is 0.206. The molecule has 41 heavy (non-hydrogen) atoms. The molecule has 2 aliphatic heterocycles. The molecule has 12 heteroatoms. The molecule has 226 valence electrons. The summed E-state index contributed by atoms with van der Waals surface area (Å²) in [6, 6.07) is 7.11. The number of hydrogen-bond donors (Lipinski definition) is 0. The van der Waals surface area contributed by atoms with E-state index in [1.807, 2.05) is 34.8 Å². The number of carbonyl (C=O) groups excluding carboxylic acids is 1. The highest BCUT2D eigenvalue weighted by molar-refractivity contribution is 7.89. The average molecular weight is 627 g/mol. The highest BCUT2D eigenvalue weighted by atomic mass is 35.5. The molecular formula is C29H41Cl2N5O4S. The number of benzene rings is 1. The zero-order valence-corrected chi connectivity index (χ0v) is 26.5. The smallest absolute Gasteiger partial charge is 0.248 e. The lowest BCUT2D eigenvalue weighted by Crippen LogP contribution is -2.53. The SMILES string of the molecule is Cc1ccc(Cl)c(S(=O)(=O)N2CCn3cccc3C2COCC(=O)N(C)[C@@H]2CCC[C@@H](N3CCN(C)CC3)C2)c1Cl. The van der Waals surface area contributed by atoms with Crippen LogP contribution in [-0.4, -0.2) is 110 Å². The van der Waals surface area contributed by atoms with E-state index in [2.05, 4.69) is 16.8 Å². The standard InChI is InChI=1S/C29H41Cl2N5O4S/c1-21-9-10-24(30)29(28(21)31)41(38,39)36-17-16-35-11-5-8-25(35)26(36)19-40-20-27(37)33(3)22-6-4-7-23(18-22)34-14-12-32(2)13-15-34/h5,8-11,22-23,26H,4,6-7,12-20H2,1-3H3/t22-,23-,26?/m1/s1. The van der Waals surface area contributed by atoms with Gasteiger partial charge in [-0.05, 0) is 63.4 Å². The minimum Gasteiger partial charge on any atom is -0.370 e. The number of piperazine rings is 1. The molecule has 1 aromatic heterocycles. The van der Waals surface area contributed by atoms with Crippen LogP contribution in [-0.2, 0) is 26.1 Å². The molecule has 1 unspecified atom stereocenters. The monoisotopic (exact) mass is 625 g/mol. The molecule has 0 bridgehead atoms. The minimum atomic E-state index is -4.05. The van der Waals surface area contributed by atoms with Crippen molar-refractivity contribution in [1.82, 2.24) is 23.6 Å². The molecule has 1 aromatic carbocycles. The molecule has 1 amide bonds. The van der Waals surface area contributed by atoms with Crippen molar-refractivity contribution in [1.29, 1.82) is 0 Å². The van der Waals surface area contributed by atoms with Crippen LogP contribution in [0.15, 0.2) is 35.4 Å². The fourth-order valence-corrected chi connectivity index (χ4v) is 9.17. The van der Waals surface area contributed by atoms with Crippen molar-refractivity contribution in [2.75, 3.05) is 60.0 Å². The number of sulfonamides is 1. The molecule has 3 heterocycles. The Morgan fingerprint density at radius 2 is 1.83 bits per heavy atom. The minimum absolute atomic E-state index is 0.0401. The fraction of sp³-hybridized carbons (Fsp3) is 0.621. The van der Waals surface area contributed by atoms with E-state index < -0.39 is 16.1 Å². The molecule has 0 spiro atoms. The molecule has 1 saturated heterocycles. The molecule has 3 atom stereocenters. The predicted molar refractivity (Wildman–Crippen MR) is 161 cm³/mol. The second-order valence-electron chi connectivity index (χ2n) is 11.6. The van der Waals surface area contributed by atoms with Gasteiger partial charge < -0.3 is 19.1 Å². The lowest BCUT2D eigenvalue weighted by molar-refractivity contribution is -0.138. The van der Waals surface area contributed by atoms with Gasteiger partial charge in [0.05, 0.1) is 22.7 Å². The lowest BCUT2D eigenvalue weighted by Gasteiger charge is -2.43. The number of fused-ring (bicyclic) bond motifs is 1. The molecule has 2 fully saturated rings. The summed E-state index contributed by atoms with van der Waals surface area (Å²) in [7, 11) is -0.0128. The van der Waals surface area contributed by atoms with Gasteiger partial charge in [-0.2, -0.15) is 4.31 Å². The van der Waals surface area contributed by atoms with Crippen molar-refractivity contribution >= 4 is 39.1 Å². The van der Waals surface area contributed by atoms with Crippen LogP contribution in [0.4, 0.5) is 0 Å². The number of ether oxygens (including phenoxy) is 1. The first-order valence-electron chi connectivity index (χ1n) is 14.5. The Balaban J connectivity index is 1.25. The van der Waals surface area contributed by atoms with Gasteiger partial charge in [0.25, 0.3) is 0 Å². The molecule has 1 saturated carbocycles. The van der Waals surface area contributed by atoms with E-state index >= 15 is 0 Å². The van der Waals surface area contributed by atoms with Crippen molar-refractivity contribution in [3.63, 3.8) is 0 Å². The lowest BCUT2D eigenvalue weighted by atomic mass is 9.88. The van der Waals surface area contributed by atoms with Gasteiger partial charge in [0.15, 0.2) is 0 Å². The van der Waals surface area contributed by atoms with E-state index in [0.29, 0.717) is 18.2 Å². The van der Waals surface area contributed by atoms with Gasteiger partial charge >= 0.3 is 0 Å². The first-order valence-corrected chi connectivity index (χ1v) is 16.6. The maximum Gasteiger partial charge on any atom is 0.248 e. The molecule has 0 radical (unpaired) electrons. The number of hydrogen-bond acceptors (Lipinski definition) is 6. The number of carbonyl (C=O) groups is 1. The van der Waals surface area contributed by atoms with E-state index in [1.165, 1.54) is 10.7 Å². The zero-order chi connectivity index (χ0) is 29.3. The number of aromatic nitrogens is 1. The third-order valence-corrected chi connectivity index (χ3v) is 12.1. The maximum absolute atomic E-state index is 13.9. The number of aryl methyl sites for hydroxylation is 1. The summed E-state index contributed by atoms with van der Waals surface area (Å²) in [6.07, 6.45) is 6.19. The van der Waals surface area contributed by atoms with Gasteiger partial charge in [-0.3, -0.25) is 9.69 Å². The summed E-state index contributed by atoms with van der Waals surface area (Å²) < 4.78 is 37.3. The van der Waals surface area contributed by atoms with Crippen molar-refractivity contribution < 1.29 is 17.9 Å². The van der Waals surface area contributed by atoms with Gasteiger partial charge in [0.2, 0.25) is 15.9 Å². The number of rotatable bonds is 8. The van der Waals surface area contributed by atoms with Crippen LogP contribution < -0.4 is 0 Å². The van der Waals surface area contributed by atoms with E-state index in [1.54, 1.807) is 19.1 Å². The number of halogens is 2. The molecule has 3 aliphatic rings. The largest absolute Gasteiger partial charge is 0.370 e. The average Bonchev–Trinajstić information content (AvgIpc) is 3.44. The second-order valence-corrected chi connectivity index (χ2v) is 14.2. The first kappa shape index (κ1) is 30.8. The summed E-state index contributed by atoms with van der Waals surface area (Å²) in [5.74, 6) is -0.0839. The molecule has 5 rings (SSSR count). The van der Waals surface area contributed by atoms with Crippen LogP contribution in [0.2, 0.25) is 10.0 Å². The Labute approximate surface area is 254 Å². The molecular weight excluding hydrogens is 585 g/mol. The van der Waals surface area contributed by atoms with Gasteiger partial charge in [-0.15, -0.1) is 0 Å². The van der Waals surface area contributed by atoms with E-state index in [-0.39, 0.29) is 46.6 Å². The van der Waals surface area contributed by atoms with Crippen molar-refractivity contribution in [3.8, 4) is 0 Å². The van der Waals surface area contributed by atoms with Crippen LogP contribution in [0.3, 0.4) is 0 Å². The number of likely N-dealkylation sites (N-methyl/N-ethyl adjacent to an activating group) is 2. The first-order chi connectivity index (χ1) is 19.6. The van der Waals surface area contributed by atoms with Crippen LogP contribution >= 0.6 is 23.2 Å². The highest BCUT2D eigenvalue weighted by Gasteiger charge is 2.39. The topological polar surface area (TPSA) is 78.3 Å².